The van der Waals surface area contributed by atoms with Crippen LogP contribution in [-0.2, 0) is 30.2 Å². The number of nitro benzene ring substituents is 1. The van der Waals surface area contributed by atoms with E-state index in [2.05, 4.69) is 0 Å². The highest BCUT2D eigenvalue weighted by Crippen LogP contribution is 2.45. The standard InChI is InChI=1S/C25H30N2O10/c1-5-34-24(29)36-21-12-15-8-6-7-9-19(15)26(21)35-14-18-17-13-16(27(30)31)10-11-20(17)37-25(2,22(18)28)23(32-3)33-4/h6-11,13,18,21-23,28H,5,12,14H2,1-4H3/t18-,21-,22-,25+/m1/s1. The van der Waals surface area contributed by atoms with Crippen LogP contribution in [0.5, 0.6) is 5.75 Å². The zero-order valence-corrected chi connectivity index (χ0v) is 21.0. The molecule has 0 unspecified atom stereocenters. The maximum Gasteiger partial charge on any atom is 0.510 e. The highest BCUT2D eigenvalue weighted by atomic mass is 16.8. The van der Waals surface area contributed by atoms with Crippen molar-refractivity contribution >= 4 is 17.5 Å². The van der Waals surface area contributed by atoms with Crippen LogP contribution < -0.4 is 9.80 Å². The molecule has 0 bridgehead atoms. The summed E-state index contributed by atoms with van der Waals surface area (Å²) in [4.78, 5) is 29.2. The molecule has 2 aliphatic rings. The number of anilines is 1. The van der Waals surface area contributed by atoms with E-state index in [-0.39, 0.29) is 18.9 Å². The minimum Gasteiger partial charge on any atom is -0.479 e. The average molecular weight is 519 g/mol. The second kappa shape index (κ2) is 10.9. The van der Waals surface area contributed by atoms with E-state index in [1.165, 1.54) is 37.5 Å². The van der Waals surface area contributed by atoms with Crippen molar-refractivity contribution in [2.24, 2.45) is 0 Å². The van der Waals surface area contributed by atoms with Gasteiger partial charge in [0, 0.05) is 44.3 Å². The highest BCUT2D eigenvalue weighted by Gasteiger charge is 2.53. The number of para-hydroxylation sites is 1. The van der Waals surface area contributed by atoms with Crippen molar-refractivity contribution in [1.29, 1.82) is 0 Å². The topological polar surface area (TPSA) is 139 Å². The maximum atomic E-state index is 12.1. The van der Waals surface area contributed by atoms with E-state index >= 15 is 0 Å². The molecule has 0 saturated carbocycles. The molecule has 0 fully saturated rings. The molecule has 4 rings (SSSR count). The SMILES string of the molecule is CCOC(=O)O[C@@H]1Cc2ccccc2N1OC[C@@H]1c2cc([N+](=O)[O-])ccc2O[C@](C)(C(OC)OC)[C@@H]1O. The number of non-ortho nitro benzene ring substituents is 1. The summed E-state index contributed by atoms with van der Waals surface area (Å²) in [7, 11) is 2.84. The Morgan fingerprint density at radius 3 is 2.68 bits per heavy atom. The highest BCUT2D eigenvalue weighted by molar-refractivity contribution is 5.63. The van der Waals surface area contributed by atoms with Crippen LogP contribution in [0.25, 0.3) is 0 Å². The van der Waals surface area contributed by atoms with E-state index in [0.29, 0.717) is 23.4 Å². The summed E-state index contributed by atoms with van der Waals surface area (Å²) in [5.74, 6) is -0.468. The lowest BCUT2D eigenvalue weighted by molar-refractivity contribution is -0.385. The summed E-state index contributed by atoms with van der Waals surface area (Å²) in [5.41, 5.74) is 0.439. The molecule has 0 saturated heterocycles. The van der Waals surface area contributed by atoms with Crippen molar-refractivity contribution in [3.8, 4) is 5.75 Å². The first kappa shape index (κ1) is 26.6. The summed E-state index contributed by atoms with van der Waals surface area (Å²) < 4.78 is 27.3. The van der Waals surface area contributed by atoms with Gasteiger partial charge >= 0.3 is 6.16 Å². The number of hydrogen-bond acceptors (Lipinski definition) is 11. The van der Waals surface area contributed by atoms with Crippen LogP contribution in [0.2, 0.25) is 0 Å². The number of methoxy groups -OCH3 is 2. The van der Waals surface area contributed by atoms with Gasteiger partial charge in [0.15, 0.2) is 11.9 Å². The summed E-state index contributed by atoms with van der Waals surface area (Å²) >= 11 is 0. The number of benzene rings is 2. The monoisotopic (exact) mass is 518 g/mol. The summed E-state index contributed by atoms with van der Waals surface area (Å²) in [5, 5.41) is 24.4. The lowest BCUT2D eigenvalue weighted by Gasteiger charge is -2.46. The van der Waals surface area contributed by atoms with Gasteiger partial charge in [-0.05, 0) is 31.5 Å². The fraction of sp³-hybridized carbons (Fsp3) is 0.480. The van der Waals surface area contributed by atoms with Crippen molar-refractivity contribution in [2.75, 3.05) is 32.5 Å². The molecule has 2 aliphatic heterocycles. The van der Waals surface area contributed by atoms with Gasteiger partial charge < -0.3 is 28.8 Å². The van der Waals surface area contributed by atoms with Gasteiger partial charge in [-0.2, -0.15) is 0 Å². The smallest absolute Gasteiger partial charge is 0.479 e. The summed E-state index contributed by atoms with van der Waals surface area (Å²) in [6, 6.07) is 11.5. The molecule has 0 amide bonds. The number of aliphatic hydroxyl groups excluding tert-OH is 1. The first-order valence-electron chi connectivity index (χ1n) is 11.8. The number of hydroxylamine groups is 1. The van der Waals surface area contributed by atoms with E-state index in [9.17, 15) is 20.0 Å². The predicted molar refractivity (Wildman–Crippen MR) is 129 cm³/mol. The Bertz CT molecular complexity index is 1140. The Kier molecular flexibility index (Phi) is 7.83. The van der Waals surface area contributed by atoms with Crippen LogP contribution in [0.15, 0.2) is 42.5 Å². The van der Waals surface area contributed by atoms with Gasteiger partial charge in [0.2, 0.25) is 6.23 Å². The molecule has 37 heavy (non-hydrogen) atoms. The molecular formula is C25H30N2O10. The third-order valence-corrected chi connectivity index (χ3v) is 6.57. The quantitative estimate of drug-likeness (QED) is 0.226. The molecular weight excluding hydrogens is 488 g/mol. The number of aliphatic hydroxyl groups is 1. The van der Waals surface area contributed by atoms with Crippen molar-refractivity contribution in [2.45, 2.75) is 50.4 Å². The molecule has 0 radical (unpaired) electrons. The first-order chi connectivity index (χ1) is 17.7. The van der Waals surface area contributed by atoms with Gasteiger partial charge in [-0.15, -0.1) is 0 Å². The Morgan fingerprint density at radius 1 is 1.27 bits per heavy atom. The molecule has 0 aromatic heterocycles. The van der Waals surface area contributed by atoms with Crippen molar-refractivity contribution in [3.63, 3.8) is 0 Å². The van der Waals surface area contributed by atoms with Gasteiger partial charge in [0.1, 0.15) is 11.9 Å². The molecule has 1 N–H and O–H groups in total. The van der Waals surface area contributed by atoms with Crippen LogP contribution in [0, 0.1) is 10.1 Å². The lowest BCUT2D eigenvalue weighted by Crippen LogP contribution is -2.60. The molecule has 2 aromatic carbocycles. The summed E-state index contributed by atoms with van der Waals surface area (Å²) in [6.45, 7) is 3.32. The van der Waals surface area contributed by atoms with Crippen LogP contribution in [0.4, 0.5) is 16.2 Å². The van der Waals surface area contributed by atoms with E-state index in [0.717, 1.165) is 5.56 Å². The second-order valence-corrected chi connectivity index (χ2v) is 8.83. The number of carbonyl (C=O) groups is 1. The molecule has 2 heterocycles. The molecule has 12 nitrogen and oxygen atoms in total. The number of carbonyl (C=O) groups excluding carboxylic acids is 1. The van der Waals surface area contributed by atoms with Crippen molar-refractivity contribution in [1.82, 2.24) is 0 Å². The molecule has 0 spiro atoms. The molecule has 2 aromatic rings. The Hall–Kier alpha value is -3.45. The fourth-order valence-electron chi connectivity index (χ4n) is 4.82. The number of ether oxygens (including phenoxy) is 5. The third-order valence-electron chi connectivity index (χ3n) is 6.57. The third kappa shape index (κ3) is 5.05. The van der Waals surface area contributed by atoms with Crippen molar-refractivity contribution < 1.29 is 43.3 Å². The zero-order chi connectivity index (χ0) is 26.7. The van der Waals surface area contributed by atoms with E-state index in [1.54, 1.807) is 13.8 Å². The molecule has 200 valence electrons. The second-order valence-electron chi connectivity index (χ2n) is 8.83. The van der Waals surface area contributed by atoms with Crippen LogP contribution in [0.1, 0.15) is 30.9 Å². The Balaban J connectivity index is 1.67. The van der Waals surface area contributed by atoms with Crippen LogP contribution in [-0.4, -0.2) is 67.8 Å². The average Bonchev–Trinajstić information content (AvgIpc) is 3.21. The predicted octanol–water partition coefficient (Wildman–Crippen LogP) is 3.30. The molecule has 0 aliphatic carbocycles. The van der Waals surface area contributed by atoms with Gasteiger partial charge in [-0.25, -0.2) is 9.86 Å². The Labute approximate surface area is 213 Å². The van der Waals surface area contributed by atoms with E-state index in [1.807, 2.05) is 24.3 Å². The zero-order valence-electron chi connectivity index (χ0n) is 21.0. The minimum atomic E-state index is -1.37. The van der Waals surface area contributed by atoms with Gasteiger partial charge in [-0.1, -0.05) is 18.2 Å². The largest absolute Gasteiger partial charge is 0.510 e. The number of nitrogens with zero attached hydrogens (tertiary/aromatic N) is 2. The number of nitro groups is 1. The lowest BCUT2D eigenvalue weighted by atomic mass is 9.80. The first-order valence-corrected chi connectivity index (χ1v) is 11.8. The van der Waals surface area contributed by atoms with Gasteiger partial charge in [0.05, 0.1) is 23.8 Å². The normalized spacial score (nSPS) is 24.3. The summed E-state index contributed by atoms with van der Waals surface area (Å²) in [6.07, 6.45) is -3.50. The fourth-order valence-corrected chi connectivity index (χ4v) is 4.82. The molecule has 4 atom stereocenters. The van der Waals surface area contributed by atoms with E-state index in [4.69, 9.17) is 28.5 Å². The number of fused-ring (bicyclic) bond motifs is 2. The number of rotatable bonds is 9. The van der Waals surface area contributed by atoms with Crippen LogP contribution in [0.3, 0.4) is 0 Å². The molecule has 12 heteroatoms. The van der Waals surface area contributed by atoms with Crippen molar-refractivity contribution in [3.05, 3.63) is 63.7 Å². The Morgan fingerprint density at radius 2 is 2.00 bits per heavy atom. The van der Waals surface area contributed by atoms with E-state index < -0.39 is 41.2 Å². The minimum absolute atomic E-state index is 0.133. The maximum absolute atomic E-state index is 12.1. The van der Waals surface area contributed by atoms with Gasteiger partial charge in [0.25, 0.3) is 5.69 Å². The van der Waals surface area contributed by atoms with Crippen LogP contribution >= 0.6 is 0 Å². The number of hydrogen-bond donors (Lipinski definition) is 1. The van der Waals surface area contributed by atoms with Gasteiger partial charge in [-0.3, -0.25) is 15.0 Å².